The molecule has 71 heavy (non-hydrogen) atoms. The van der Waals surface area contributed by atoms with Gasteiger partial charge >= 0.3 is 11.9 Å². The molecule has 0 bridgehead atoms. The van der Waals surface area contributed by atoms with Crippen LogP contribution in [-0.2, 0) is 9.59 Å². The average molecular weight is 996 g/mol. The molecule has 418 valence electrons. The minimum atomic E-state index is -0.837. The summed E-state index contributed by atoms with van der Waals surface area (Å²) in [5.74, 6) is -1.67. The Hall–Kier alpha value is -1.84. The minimum Gasteiger partial charge on any atom is -0.478 e. The second-order valence-electron chi connectivity index (χ2n) is 22.6. The summed E-state index contributed by atoms with van der Waals surface area (Å²) < 4.78 is 0. The van der Waals surface area contributed by atoms with E-state index in [1.54, 1.807) is 12.2 Å². The molecule has 0 heterocycles. The van der Waals surface area contributed by atoms with Gasteiger partial charge in [-0.1, -0.05) is 352 Å². The zero-order chi connectivity index (χ0) is 51.1. The zero-order valence-corrected chi connectivity index (χ0v) is 47.9. The van der Waals surface area contributed by atoms with Gasteiger partial charge in [0.25, 0.3) is 0 Å². The van der Waals surface area contributed by atoms with Crippen LogP contribution in [0.3, 0.4) is 0 Å². The molecule has 0 aromatic carbocycles. The molecule has 0 atom stereocenters. The number of carboxylic acid groups (broad SMARTS) is 2. The number of unbranched alkanes of at least 4 members (excludes halogenated alkanes) is 57. The second-order valence-corrected chi connectivity index (χ2v) is 22.6. The van der Waals surface area contributed by atoms with Gasteiger partial charge in [0.1, 0.15) is 0 Å². The van der Waals surface area contributed by atoms with Crippen molar-refractivity contribution in [2.45, 2.75) is 379 Å². The molecule has 0 aliphatic rings. The molecule has 0 fully saturated rings. The Labute approximate surface area is 445 Å². The van der Waals surface area contributed by atoms with Crippen LogP contribution in [0.2, 0.25) is 0 Å². The highest BCUT2D eigenvalue weighted by Gasteiger charge is 2.00. The van der Waals surface area contributed by atoms with Crippen LogP contribution in [-0.4, -0.2) is 22.2 Å². The molecule has 4 heteroatoms. The highest BCUT2D eigenvalue weighted by Crippen LogP contribution is 2.19. The molecule has 2 N–H and O–H groups in total. The van der Waals surface area contributed by atoms with Gasteiger partial charge < -0.3 is 10.2 Å². The first-order valence-electron chi connectivity index (χ1n) is 32.6. The fraction of sp³-hybridized carbons (Fsp3) is 0.881. The van der Waals surface area contributed by atoms with Crippen LogP contribution in [0.4, 0.5) is 0 Å². The van der Waals surface area contributed by atoms with Crippen LogP contribution in [0.25, 0.3) is 0 Å². The number of aliphatic carboxylic acids is 2. The van der Waals surface area contributed by atoms with Gasteiger partial charge in [-0.05, 0) is 51.4 Å². The highest BCUT2D eigenvalue weighted by molar-refractivity contribution is 5.79. The molecule has 4 nitrogen and oxygen atoms in total. The van der Waals surface area contributed by atoms with E-state index in [0.29, 0.717) is 0 Å². The number of carboxylic acids is 2. The maximum absolute atomic E-state index is 10.4. The van der Waals surface area contributed by atoms with E-state index in [1.165, 1.54) is 365 Å². The molecular formula is C67H126O4. The summed E-state index contributed by atoms with van der Waals surface area (Å²) >= 11 is 0. The highest BCUT2D eigenvalue weighted by atomic mass is 16.4. The predicted octanol–water partition coefficient (Wildman–Crippen LogP) is 23.8. The molecule has 0 aromatic rings. The summed E-state index contributed by atoms with van der Waals surface area (Å²) in [6, 6.07) is 0. The standard InChI is InChI=1S/C67H126O4/c68-66(69)64-62-60-58-56-54-52-50-48-46-44-42-40-38-36-34-32-30-28-26-24-22-20-18-16-14-12-10-8-6-4-2-1-3-5-7-9-11-13-15-17-19-21-23-25-27-29-31-33-35-37-39-41-43-45-47-49-51-53-55-57-59-61-63-65-67(70)71/h46,48,62-65H,1-45,47,49-61H2,(H,68,69)(H,70,71). The normalized spacial score (nSPS) is 11.9. The largest absolute Gasteiger partial charge is 0.478 e. The van der Waals surface area contributed by atoms with E-state index in [4.69, 9.17) is 10.2 Å². The van der Waals surface area contributed by atoms with E-state index in [2.05, 4.69) is 12.2 Å². The third-order valence-corrected chi connectivity index (χ3v) is 15.4. The molecule has 0 amide bonds. The Morgan fingerprint density at radius 3 is 0.380 bits per heavy atom. The molecule has 0 saturated carbocycles. The molecule has 0 radical (unpaired) electrons. The summed E-state index contributed by atoms with van der Waals surface area (Å²) in [4.78, 5) is 20.9. The van der Waals surface area contributed by atoms with Crippen LogP contribution in [0, 0.1) is 0 Å². The first-order chi connectivity index (χ1) is 35.1. The van der Waals surface area contributed by atoms with E-state index in [1.807, 2.05) is 0 Å². The molecule has 0 spiro atoms. The third kappa shape index (κ3) is 68.2. The second kappa shape index (κ2) is 64.3. The Bertz CT molecular complexity index is 1110. The molecule has 0 saturated heterocycles. The number of carbonyl (C=O) groups is 2. The topological polar surface area (TPSA) is 74.6 Å². The maximum atomic E-state index is 10.4. The van der Waals surface area contributed by atoms with E-state index < -0.39 is 11.9 Å². The molecule has 0 aliphatic carbocycles. The number of hydrogen-bond donors (Lipinski definition) is 2. The fourth-order valence-electron chi connectivity index (χ4n) is 10.7. The molecule has 0 aliphatic heterocycles. The van der Waals surface area contributed by atoms with Gasteiger partial charge in [0.15, 0.2) is 0 Å². The van der Waals surface area contributed by atoms with Crippen LogP contribution >= 0.6 is 0 Å². The summed E-state index contributed by atoms with van der Waals surface area (Å²) in [5.41, 5.74) is 0. The third-order valence-electron chi connectivity index (χ3n) is 15.4. The van der Waals surface area contributed by atoms with Crippen molar-refractivity contribution < 1.29 is 19.8 Å². The van der Waals surface area contributed by atoms with E-state index in [9.17, 15) is 9.59 Å². The molecular weight excluding hydrogens is 869 g/mol. The lowest BCUT2D eigenvalue weighted by Crippen LogP contribution is -1.86. The Morgan fingerprint density at radius 2 is 0.268 bits per heavy atom. The fourth-order valence-corrected chi connectivity index (χ4v) is 10.7. The SMILES string of the molecule is O=C(O)C=CCCCCCCC=CCCCCCCCCCCCCCCCCCCCCCCCCCCCCCCCCCCCCCCCCCCCCCCCCCCCCCC=CC(=O)O. The van der Waals surface area contributed by atoms with Gasteiger partial charge in [0, 0.05) is 12.2 Å². The van der Waals surface area contributed by atoms with Gasteiger partial charge in [0.2, 0.25) is 0 Å². The Morgan fingerprint density at radius 1 is 0.169 bits per heavy atom. The molecule has 0 aromatic heterocycles. The van der Waals surface area contributed by atoms with E-state index >= 15 is 0 Å². The van der Waals surface area contributed by atoms with Crippen LogP contribution < -0.4 is 0 Å². The summed E-state index contributed by atoms with van der Waals surface area (Å²) in [7, 11) is 0. The van der Waals surface area contributed by atoms with Gasteiger partial charge in [-0.25, -0.2) is 9.59 Å². The average Bonchev–Trinajstić information content (AvgIpc) is 3.36. The van der Waals surface area contributed by atoms with Crippen LogP contribution in [0.1, 0.15) is 379 Å². The monoisotopic (exact) mass is 995 g/mol. The van der Waals surface area contributed by atoms with E-state index in [0.717, 1.165) is 25.7 Å². The lowest BCUT2D eigenvalue weighted by atomic mass is 10.0. The number of allylic oxidation sites excluding steroid dienone is 4. The summed E-state index contributed by atoms with van der Waals surface area (Å²) in [6.07, 6.45) is 93.4. The smallest absolute Gasteiger partial charge is 0.327 e. The Balaban J connectivity index is 3.11. The first kappa shape index (κ1) is 69.2. The van der Waals surface area contributed by atoms with Gasteiger partial charge in [-0.3, -0.25) is 0 Å². The quantitative estimate of drug-likeness (QED) is 0.0362. The molecule has 0 rings (SSSR count). The van der Waals surface area contributed by atoms with Crippen molar-refractivity contribution in [2.24, 2.45) is 0 Å². The summed E-state index contributed by atoms with van der Waals surface area (Å²) in [6.45, 7) is 0. The maximum Gasteiger partial charge on any atom is 0.327 e. The van der Waals surface area contributed by atoms with Gasteiger partial charge in [-0.2, -0.15) is 0 Å². The van der Waals surface area contributed by atoms with Crippen molar-refractivity contribution in [3.63, 3.8) is 0 Å². The van der Waals surface area contributed by atoms with Crippen molar-refractivity contribution >= 4 is 11.9 Å². The predicted molar refractivity (Wildman–Crippen MR) is 315 cm³/mol. The van der Waals surface area contributed by atoms with E-state index in [-0.39, 0.29) is 0 Å². The summed E-state index contributed by atoms with van der Waals surface area (Å²) in [5, 5.41) is 17.2. The van der Waals surface area contributed by atoms with Crippen molar-refractivity contribution in [3.8, 4) is 0 Å². The van der Waals surface area contributed by atoms with Crippen LogP contribution in [0.5, 0.6) is 0 Å². The van der Waals surface area contributed by atoms with Crippen molar-refractivity contribution in [1.82, 2.24) is 0 Å². The Kier molecular flexibility index (Phi) is 62.6. The number of rotatable bonds is 63. The first-order valence-corrected chi connectivity index (χ1v) is 32.6. The van der Waals surface area contributed by atoms with Gasteiger partial charge in [0.05, 0.1) is 0 Å². The van der Waals surface area contributed by atoms with Gasteiger partial charge in [-0.15, -0.1) is 0 Å². The van der Waals surface area contributed by atoms with Crippen molar-refractivity contribution in [1.29, 1.82) is 0 Å². The van der Waals surface area contributed by atoms with Crippen LogP contribution in [0.15, 0.2) is 36.5 Å². The molecule has 0 unspecified atom stereocenters. The zero-order valence-electron chi connectivity index (χ0n) is 47.9. The number of hydrogen-bond acceptors (Lipinski definition) is 2. The van der Waals surface area contributed by atoms with Crippen molar-refractivity contribution in [3.05, 3.63) is 36.5 Å². The minimum absolute atomic E-state index is 0.828. The lowest BCUT2D eigenvalue weighted by molar-refractivity contribution is -0.132. The lowest BCUT2D eigenvalue weighted by Gasteiger charge is -2.05. The van der Waals surface area contributed by atoms with Crippen molar-refractivity contribution in [2.75, 3.05) is 0 Å².